The predicted molar refractivity (Wildman–Crippen MR) is 61.3 cm³/mol. The standard InChI is InChI=1S/C11H13NO3S/c12-5-3-10(13)8-1-2-11-9(7-8)4-6-16(11,14)15/h1-2,4,6-7,10,13H,3,5,12H2. The van der Waals surface area contributed by atoms with Gasteiger partial charge in [0, 0.05) is 5.41 Å². The lowest BCUT2D eigenvalue weighted by atomic mass is 10.0. The Bertz CT molecular complexity index is 534. The zero-order valence-electron chi connectivity index (χ0n) is 8.63. The minimum absolute atomic E-state index is 0.302. The maximum Gasteiger partial charge on any atom is 0.200 e. The molecule has 0 radical (unpaired) electrons. The number of benzene rings is 1. The fourth-order valence-electron chi connectivity index (χ4n) is 1.72. The largest absolute Gasteiger partial charge is 0.388 e. The van der Waals surface area contributed by atoms with Crippen LogP contribution in [0, 0.1) is 0 Å². The fourth-order valence-corrected chi connectivity index (χ4v) is 2.91. The van der Waals surface area contributed by atoms with Crippen LogP contribution in [0.3, 0.4) is 0 Å². The highest BCUT2D eigenvalue weighted by Crippen LogP contribution is 2.29. The van der Waals surface area contributed by atoms with E-state index in [-0.39, 0.29) is 0 Å². The zero-order chi connectivity index (χ0) is 11.8. The Morgan fingerprint density at radius 2 is 2.12 bits per heavy atom. The van der Waals surface area contributed by atoms with E-state index in [4.69, 9.17) is 5.73 Å². The summed E-state index contributed by atoms with van der Waals surface area (Å²) in [5.41, 5.74) is 6.69. The van der Waals surface area contributed by atoms with E-state index in [1.54, 1.807) is 18.2 Å². The number of hydrogen-bond donors (Lipinski definition) is 2. The third kappa shape index (κ3) is 1.89. The summed E-state index contributed by atoms with van der Waals surface area (Å²) in [7, 11) is -3.25. The summed E-state index contributed by atoms with van der Waals surface area (Å²) in [6, 6.07) is 4.85. The van der Waals surface area contributed by atoms with Gasteiger partial charge in [0.25, 0.3) is 0 Å². The highest BCUT2D eigenvalue weighted by molar-refractivity contribution is 7.94. The molecule has 1 unspecified atom stereocenters. The molecule has 16 heavy (non-hydrogen) atoms. The van der Waals surface area contributed by atoms with Gasteiger partial charge in [0.1, 0.15) is 0 Å². The first-order chi connectivity index (χ1) is 7.54. The lowest BCUT2D eigenvalue weighted by molar-refractivity contribution is 0.170. The molecule has 0 aliphatic carbocycles. The molecule has 5 heteroatoms. The lowest BCUT2D eigenvalue weighted by Gasteiger charge is -2.10. The quantitative estimate of drug-likeness (QED) is 0.818. The zero-order valence-corrected chi connectivity index (χ0v) is 9.44. The third-order valence-corrected chi connectivity index (χ3v) is 4.07. The maximum atomic E-state index is 11.5. The maximum absolute atomic E-state index is 11.5. The van der Waals surface area contributed by atoms with Crippen molar-refractivity contribution in [2.45, 2.75) is 17.4 Å². The first kappa shape index (κ1) is 11.3. The minimum Gasteiger partial charge on any atom is -0.388 e. The molecule has 4 nitrogen and oxygen atoms in total. The average Bonchev–Trinajstić information content (AvgIpc) is 2.55. The van der Waals surface area contributed by atoms with Crippen LogP contribution in [0.2, 0.25) is 0 Å². The van der Waals surface area contributed by atoms with Crippen LogP contribution in [0.4, 0.5) is 0 Å². The van der Waals surface area contributed by atoms with E-state index in [0.717, 1.165) is 0 Å². The monoisotopic (exact) mass is 239 g/mol. The molecule has 0 amide bonds. The van der Waals surface area contributed by atoms with Crippen LogP contribution in [-0.4, -0.2) is 20.1 Å². The molecule has 0 fully saturated rings. The molecular weight excluding hydrogens is 226 g/mol. The Labute approximate surface area is 94.3 Å². The normalized spacial score (nSPS) is 18.4. The third-order valence-electron chi connectivity index (χ3n) is 2.59. The van der Waals surface area contributed by atoms with Crippen molar-refractivity contribution in [2.24, 2.45) is 5.73 Å². The number of aliphatic hydroxyl groups is 1. The second-order valence-electron chi connectivity index (χ2n) is 3.74. The average molecular weight is 239 g/mol. The molecule has 2 rings (SSSR count). The molecule has 1 heterocycles. The van der Waals surface area contributed by atoms with Gasteiger partial charge in [0.2, 0.25) is 0 Å². The van der Waals surface area contributed by atoms with Gasteiger partial charge in [0.05, 0.1) is 11.0 Å². The minimum atomic E-state index is -3.25. The Kier molecular flexibility index (Phi) is 2.84. The SMILES string of the molecule is NCCC(O)c1ccc2c(c1)C=CS2(=O)=O. The number of rotatable bonds is 3. The molecular formula is C11H13NO3S. The van der Waals surface area contributed by atoms with Crippen LogP contribution in [0.1, 0.15) is 23.7 Å². The predicted octanol–water partition coefficient (Wildman–Crippen LogP) is 0.827. The van der Waals surface area contributed by atoms with Crippen molar-refractivity contribution < 1.29 is 13.5 Å². The molecule has 1 aromatic rings. The van der Waals surface area contributed by atoms with E-state index in [0.29, 0.717) is 29.0 Å². The van der Waals surface area contributed by atoms with E-state index >= 15 is 0 Å². The van der Waals surface area contributed by atoms with Gasteiger partial charge in [-0.05, 0) is 42.3 Å². The molecule has 0 aromatic heterocycles. The summed E-state index contributed by atoms with van der Waals surface area (Å²) < 4.78 is 23.0. The summed E-state index contributed by atoms with van der Waals surface area (Å²) in [5.74, 6) is 0. The van der Waals surface area contributed by atoms with Crippen LogP contribution in [-0.2, 0) is 9.84 Å². The van der Waals surface area contributed by atoms with Crippen LogP contribution >= 0.6 is 0 Å². The number of fused-ring (bicyclic) bond motifs is 1. The highest BCUT2D eigenvalue weighted by Gasteiger charge is 2.21. The first-order valence-corrected chi connectivity index (χ1v) is 6.54. The molecule has 86 valence electrons. The van der Waals surface area contributed by atoms with Crippen LogP contribution < -0.4 is 5.73 Å². The van der Waals surface area contributed by atoms with E-state index in [1.807, 2.05) is 0 Å². The molecule has 3 N–H and O–H groups in total. The van der Waals surface area contributed by atoms with Crippen LogP contribution in [0.15, 0.2) is 28.5 Å². The van der Waals surface area contributed by atoms with Crippen molar-refractivity contribution in [2.75, 3.05) is 6.54 Å². The van der Waals surface area contributed by atoms with Gasteiger partial charge in [-0.3, -0.25) is 0 Å². The summed E-state index contributed by atoms with van der Waals surface area (Å²) in [6.45, 7) is 0.395. The Morgan fingerprint density at radius 1 is 1.38 bits per heavy atom. The van der Waals surface area contributed by atoms with Crippen molar-refractivity contribution in [1.29, 1.82) is 0 Å². The topological polar surface area (TPSA) is 80.4 Å². The molecule has 1 aromatic carbocycles. The summed E-state index contributed by atoms with van der Waals surface area (Å²) in [4.78, 5) is 0.302. The number of hydrogen-bond acceptors (Lipinski definition) is 4. The van der Waals surface area contributed by atoms with Gasteiger partial charge < -0.3 is 10.8 Å². The van der Waals surface area contributed by atoms with Gasteiger partial charge in [-0.2, -0.15) is 0 Å². The number of nitrogens with two attached hydrogens (primary N) is 1. The van der Waals surface area contributed by atoms with Crippen LogP contribution in [0.5, 0.6) is 0 Å². The highest BCUT2D eigenvalue weighted by atomic mass is 32.2. The Balaban J connectivity index is 2.39. The van der Waals surface area contributed by atoms with Gasteiger partial charge in [-0.15, -0.1) is 0 Å². The van der Waals surface area contributed by atoms with E-state index in [9.17, 15) is 13.5 Å². The Hall–Kier alpha value is -1.17. The fraction of sp³-hybridized carbons (Fsp3) is 0.273. The van der Waals surface area contributed by atoms with Crippen molar-refractivity contribution in [3.05, 3.63) is 34.7 Å². The van der Waals surface area contributed by atoms with Gasteiger partial charge in [0.15, 0.2) is 9.84 Å². The van der Waals surface area contributed by atoms with E-state index < -0.39 is 15.9 Å². The second-order valence-corrected chi connectivity index (χ2v) is 5.54. The molecule has 0 saturated carbocycles. The smallest absolute Gasteiger partial charge is 0.200 e. The summed E-state index contributed by atoms with van der Waals surface area (Å²) >= 11 is 0. The molecule has 0 spiro atoms. The van der Waals surface area contributed by atoms with Crippen molar-refractivity contribution >= 4 is 15.9 Å². The lowest BCUT2D eigenvalue weighted by Crippen LogP contribution is -2.07. The second kappa shape index (κ2) is 4.01. The van der Waals surface area contributed by atoms with Crippen molar-refractivity contribution in [3.8, 4) is 0 Å². The summed E-state index contributed by atoms with van der Waals surface area (Å²) in [6.07, 6.45) is 1.38. The number of aliphatic hydroxyl groups excluding tert-OH is 1. The molecule has 1 aliphatic heterocycles. The van der Waals surface area contributed by atoms with Crippen molar-refractivity contribution in [1.82, 2.24) is 0 Å². The molecule has 0 saturated heterocycles. The van der Waals surface area contributed by atoms with E-state index in [2.05, 4.69) is 0 Å². The van der Waals surface area contributed by atoms with E-state index in [1.165, 1.54) is 11.5 Å². The van der Waals surface area contributed by atoms with Gasteiger partial charge in [-0.1, -0.05) is 6.07 Å². The first-order valence-electron chi connectivity index (χ1n) is 5.00. The molecule has 0 bridgehead atoms. The Morgan fingerprint density at radius 3 is 2.81 bits per heavy atom. The van der Waals surface area contributed by atoms with Gasteiger partial charge in [-0.25, -0.2) is 8.42 Å². The number of sulfone groups is 1. The van der Waals surface area contributed by atoms with Crippen molar-refractivity contribution in [3.63, 3.8) is 0 Å². The van der Waals surface area contributed by atoms with Crippen LogP contribution in [0.25, 0.3) is 6.08 Å². The molecule has 1 atom stereocenters. The molecule has 1 aliphatic rings. The van der Waals surface area contributed by atoms with Gasteiger partial charge >= 0.3 is 0 Å². The summed E-state index contributed by atoms with van der Waals surface area (Å²) in [5, 5.41) is 10.9.